The molecule has 6 nitrogen and oxygen atoms in total. The number of ketones is 2. The molecule has 5 rings (SSSR count). The fourth-order valence-corrected chi connectivity index (χ4v) is 6.59. The lowest BCUT2D eigenvalue weighted by Crippen LogP contribution is -2.66. The second kappa shape index (κ2) is 5.32. The maximum atomic E-state index is 12.6. The molecule has 27 heavy (non-hydrogen) atoms. The largest absolute Gasteiger partial charge is 0.504 e. The van der Waals surface area contributed by atoms with Crippen LogP contribution >= 0.6 is 0 Å². The van der Waals surface area contributed by atoms with E-state index in [1.165, 1.54) is 13.8 Å². The van der Waals surface area contributed by atoms with E-state index in [2.05, 4.69) is 11.9 Å². The number of phenolic OH excluding ortho intramolecular Hbond substituents is 1. The monoisotopic (exact) mass is 371 g/mol. The minimum Gasteiger partial charge on any atom is -0.504 e. The number of aliphatic hydroxyl groups excluding tert-OH is 1. The zero-order valence-electron chi connectivity index (χ0n) is 15.9. The number of carbonyl (C=O) groups excluding carboxylic acids is 2. The van der Waals surface area contributed by atoms with Gasteiger partial charge in [-0.15, -0.1) is 0 Å². The number of phenols is 1. The minimum absolute atomic E-state index is 0.0694. The molecule has 6 heteroatoms. The summed E-state index contributed by atoms with van der Waals surface area (Å²) in [6.45, 7) is 3.71. The number of hydrogen-bond acceptors (Lipinski definition) is 6. The highest BCUT2D eigenvalue weighted by Crippen LogP contribution is 2.64. The average Bonchev–Trinajstić information content (AvgIpc) is 2.96. The van der Waals surface area contributed by atoms with Gasteiger partial charge in [0.25, 0.3) is 0 Å². The molecular weight excluding hydrogens is 346 g/mol. The van der Waals surface area contributed by atoms with Crippen LogP contribution in [0.1, 0.15) is 65.0 Å². The Morgan fingerprint density at radius 1 is 1.19 bits per heavy atom. The summed E-state index contributed by atoms with van der Waals surface area (Å²) in [5.41, 5.74) is 1.79. The van der Waals surface area contributed by atoms with Crippen molar-refractivity contribution in [2.24, 2.45) is 5.92 Å². The van der Waals surface area contributed by atoms with Crippen molar-refractivity contribution < 1.29 is 24.5 Å². The van der Waals surface area contributed by atoms with Gasteiger partial charge < -0.3 is 19.8 Å². The van der Waals surface area contributed by atoms with E-state index < -0.39 is 12.2 Å². The number of hydrogen-bond donors (Lipinski definition) is 2. The van der Waals surface area contributed by atoms with Crippen LogP contribution in [0.15, 0.2) is 0 Å². The topological polar surface area (TPSA) is 87.1 Å². The summed E-state index contributed by atoms with van der Waals surface area (Å²) in [5, 5.41) is 21.7. The van der Waals surface area contributed by atoms with Crippen LogP contribution in [0, 0.1) is 5.92 Å². The second-order valence-electron chi connectivity index (χ2n) is 8.73. The van der Waals surface area contributed by atoms with Crippen molar-refractivity contribution in [2.45, 2.75) is 63.2 Å². The predicted molar refractivity (Wildman–Crippen MR) is 97.7 cm³/mol. The van der Waals surface area contributed by atoms with Crippen LogP contribution in [0.2, 0.25) is 0 Å². The Morgan fingerprint density at radius 3 is 2.56 bits per heavy atom. The third-order valence-electron chi connectivity index (χ3n) is 7.56. The number of carbonyl (C=O) groups is 2. The van der Waals surface area contributed by atoms with Crippen LogP contribution in [0.4, 0.5) is 0 Å². The number of ether oxygens (including phenoxy) is 1. The molecule has 1 saturated carbocycles. The highest BCUT2D eigenvalue weighted by Gasteiger charge is 2.66. The molecule has 5 atom stereocenters. The molecule has 2 N–H and O–H groups in total. The van der Waals surface area contributed by atoms with E-state index in [4.69, 9.17) is 4.74 Å². The van der Waals surface area contributed by atoms with Gasteiger partial charge in [-0.1, -0.05) is 0 Å². The predicted octanol–water partition coefficient (Wildman–Crippen LogP) is 1.83. The van der Waals surface area contributed by atoms with Crippen LogP contribution in [-0.2, 0) is 11.8 Å². The third kappa shape index (κ3) is 1.88. The molecule has 144 valence electrons. The van der Waals surface area contributed by atoms with Gasteiger partial charge in [0.05, 0.1) is 11.7 Å². The van der Waals surface area contributed by atoms with Crippen molar-refractivity contribution in [3.63, 3.8) is 0 Å². The molecule has 4 aliphatic rings. The highest BCUT2D eigenvalue weighted by atomic mass is 16.5. The Hall–Kier alpha value is -1.92. The van der Waals surface area contributed by atoms with E-state index in [1.54, 1.807) is 0 Å². The zero-order valence-corrected chi connectivity index (χ0v) is 15.9. The summed E-state index contributed by atoms with van der Waals surface area (Å²) in [4.78, 5) is 27.3. The number of aromatic hydroxyl groups is 1. The number of piperidine rings is 1. The molecule has 1 spiro atoms. The van der Waals surface area contributed by atoms with Gasteiger partial charge in [0, 0.05) is 22.6 Å². The molecule has 2 aliphatic carbocycles. The van der Waals surface area contributed by atoms with Gasteiger partial charge >= 0.3 is 0 Å². The number of likely N-dealkylation sites (N-methyl/N-ethyl adjacent to an activating group) is 1. The Morgan fingerprint density at radius 2 is 1.89 bits per heavy atom. The molecule has 2 fully saturated rings. The van der Waals surface area contributed by atoms with Crippen molar-refractivity contribution in [2.75, 3.05) is 13.6 Å². The maximum Gasteiger partial charge on any atom is 0.169 e. The summed E-state index contributed by atoms with van der Waals surface area (Å²) in [5.74, 6) is -0.115. The normalized spacial score (nSPS) is 36.1. The van der Waals surface area contributed by atoms with Crippen LogP contribution in [0.3, 0.4) is 0 Å². The van der Waals surface area contributed by atoms with Crippen LogP contribution in [0.5, 0.6) is 11.5 Å². The number of benzene rings is 1. The zero-order chi connectivity index (χ0) is 19.2. The van der Waals surface area contributed by atoms with E-state index >= 15 is 0 Å². The van der Waals surface area contributed by atoms with Crippen molar-refractivity contribution in [1.82, 2.24) is 4.90 Å². The maximum absolute atomic E-state index is 12.6. The Labute approximate surface area is 158 Å². The van der Waals surface area contributed by atoms with E-state index in [0.29, 0.717) is 30.1 Å². The number of likely N-dealkylation sites (tertiary alicyclic amines) is 1. The number of aliphatic hydroxyl groups is 1. The van der Waals surface area contributed by atoms with E-state index in [9.17, 15) is 19.8 Å². The van der Waals surface area contributed by atoms with Gasteiger partial charge in [-0.05, 0) is 64.6 Å². The van der Waals surface area contributed by atoms with Crippen molar-refractivity contribution in [3.05, 3.63) is 22.3 Å². The number of rotatable bonds is 2. The first-order valence-electron chi connectivity index (χ1n) is 9.78. The smallest absolute Gasteiger partial charge is 0.169 e. The van der Waals surface area contributed by atoms with Crippen LogP contribution < -0.4 is 4.74 Å². The first-order valence-corrected chi connectivity index (χ1v) is 9.78. The fourth-order valence-electron chi connectivity index (χ4n) is 6.59. The fraction of sp³-hybridized carbons (Fsp3) is 0.619. The van der Waals surface area contributed by atoms with Gasteiger partial charge in [-0.2, -0.15) is 0 Å². The minimum atomic E-state index is -0.607. The Balaban J connectivity index is 1.89. The Bertz CT molecular complexity index is 893. The molecule has 2 bridgehead atoms. The van der Waals surface area contributed by atoms with Crippen molar-refractivity contribution >= 4 is 11.6 Å². The molecule has 1 saturated heterocycles. The van der Waals surface area contributed by atoms with Gasteiger partial charge in [0.1, 0.15) is 6.10 Å². The second-order valence-corrected chi connectivity index (χ2v) is 8.73. The average molecular weight is 371 g/mol. The molecule has 1 aromatic rings. The SMILES string of the molecule is CC(=O)c1c(O)c2c3c(c1C(C)=O)C[C@@H]1[C@@H]4CC[C@H](O)[C@H](O2)[C@]34CCN1C. The van der Waals surface area contributed by atoms with Gasteiger partial charge in [-0.3, -0.25) is 9.59 Å². The third-order valence-corrected chi connectivity index (χ3v) is 7.56. The lowest BCUT2D eigenvalue weighted by molar-refractivity contribution is -0.0993. The van der Waals surface area contributed by atoms with Gasteiger partial charge in [-0.25, -0.2) is 0 Å². The molecule has 0 amide bonds. The van der Waals surface area contributed by atoms with E-state index in [-0.39, 0.29) is 34.3 Å². The first kappa shape index (κ1) is 17.2. The summed E-state index contributed by atoms with van der Waals surface area (Å²) in [6.07, 6.45) is 2.04. The lowest BCUT2D eigenvalue weighted by Gasteiger charge is -2.58. The molecule has 2 heterocycles. The molecule has 1 aromatic carbocycles. The first-order chi connectivity index (χ1) is 12.8. The Kier molecular flexibility index (Phi) is 3.39. The number of nitrogens with zero attached hydrogens (tertiary/aromatic N) is 1. The molecular formula is C21H25NO5. The molecule has 0 aromatic heterocycles. The summed E-state index contributed by atoms with van der Waals surface area (Å²) in [7, 11) is 2.11. The quantitative estimate of drug-likeness (QED) is 0.772. The van der Waals surface area contributed by atoms with E-state index in [0.717, 1.165) is 30.5 Å². The summed E-state index contributed by atoms with van der Waals surface area (Å²) >= 11 is 0. The molecule has 0 radical (unpaired) electrons. The summed E-state index contributed by atoms with van der Waals surface area (Å²) in [6, 6.07) is 0.248. The lowest BCUT2D eigenvalue weighted by atomic mass is 9.51. The highest BCUT2D eigenvalue weighted by molar-refractivity contribution is 6.11. The molecule has 0 unspecified atom stereocenters. The van der Waals surface area contributed by atoms with Crippen LogP contribution in [-0.4, -0.2) is 58.5 Å². The van der Waals surface area contributed by atoms with Crippen LogP contribution in [0.25, 0.3) is 0 Å². The summed E-state index contributed by atoms with van der Waals surface area (Å²) < 4.78 is 6.20. The number of Topliss-reactive ketones (excluding diaryl/α,β-unsaturated/α-hetero) is 2. The van der Waals surface area contributed by atoms with Crippen molar-refractivity contribution in [1.29, 1.82) is 0 Å². The standard InChI is InChI=1S/C21H25NO5/c1-9(23)15-11-8-13-12-4-5-14(25)20-21(12,6-7-22(13)3)17(11)19(27-20)18(26)16(15)10(2)24/h12-14,20,25-26H,4-8H2,1-3H3/t12-,13+,14-,20-,21-/m0/s1. The van der Waals surface area contributed by atoms with E-state index in [1.807, 2.05) is 0 Å². The molecule has 2 aliphatic heterocycles. The van der Waals surface area contributed by atoms with Gasteiger partial charge in [0.15, 0.2) is 23.1 Å². The van der Waals surface area contributed by atoms with Gasteiger partial charge in [0.2, 0.25) is 0 Å². The van der Waals surface area contributed by atoms with Crippen molar-refractivity contribution in [3.8, 4) is 11.5 Å².